The van der Waals surface area contributed by atoms with Crippen LogP contribution in [0.3, 0.4) is 0 Å². The highest BCUT2D eigenvalue weighted by atomic mass is 35.5. The number of hydrogen-bond donors (Lipinski definition) is 1. The molecule has 178 valence electrons. The first kappa shape index (κ1) is 23.1. The van der Waals surface area contributed by atoms with Crippen LogP contribution in [0.5, 0.6) is 0 Å². The maximum atomic E-state index is 13.0. The van der Waals surface area contributed by atoms with Crippen molar-refractivity contribution in [2.45, 2.75) is 24.7 Å². The molecule has 1 N–H and O–H groups in total. The summed E-state index contributed by atoms with van der Waals surface area (Å²) in [5.41, 5.74) is -0.0902. The molecule has 0 radical (unpaired) electrons. The van der Waals surface area contributed by atoms with Crippen molar-refractivity contribution in [3.63, 3.8) is 0 Å². The van der Waals surface area contributed by atoms with Gasteiger partial charge in [-0.15, -0.1) is 11.3 Å². The third kappa shape index (κ3) is 4.39. The first-order valence-electron chi connectivity index (χ1n) is 10.9. The standard InChI is InChI=1S/C24H21ClF3N3O2S/c25-20-18-7-6-15(24(26,27)28)10-19(18)34-21(20)23(33)31-12-17(13-31)29-16-8-9-30(11-16)22(32)14-4-2-1-3-5-14/h1-7,10,16-17,29H,8-9,11-13H2. The number of likely N-dealkylation sites (tertiary alicyclic amines) is 2. The predicted octanol–water partition coefficient (Wildman–Crippen LogP) is 4.90. The SMILES string of the molecule is O=C(c1ccccc1)N1CCC(NC2CN(C(=O)c3sc4cc(C(F)(F)F)ccc4c3Cl)C2)C1. The summed E-state index contributed by atoms with van der Waals surface area (Å²) < 4.78 is 39.4. The Balaban J connectivity index is 1.17. The van der Waals surface area contributed by atoms with Crippen LogP contribution in [0.4, 0.5) is 13.2 Å². The third-order valence-electron chi connectivity index (χ3n) is 6.29. The van der Waals surface area contributed by atoms with E-state index in [1.807, 2.05) is 35.2 Å². The maximum Gasteiger partial charge on any atom is 0.416 e. The highest BCUT2D eigenvalue weighted by Gasteiger charge is 2.37. The molecule has 1 unspecified atom stereocenters. The van der Waals surface area contributed by atoms with Crippen molar-refractivity contribution < 1.29 is 22.8 Å². The number of thiophene rings is 1. The number of carbonyl (C=O) groups is 2. The van der Waals surface area contributed by atoms with Gasteiger partial charge in [-0.2, -0.15) is 13.2 Å². The molecule has 3 heterocycles. The molecule has 0 saturated carbocycles. The molecule has 0 spiro atoms. The summed E-state index contributed by atoms with van der Waals surface area (Å²) in [5.74, 6) is -0.256. The molecule has 2 aliphatic heterocycles. The van der Waals surface area contributed by atoms with Crippen molar-refractivity contribution in [1.29, 1.82) is 0 Å². The van der Waals surface area contributed by atoms with Gasteiger partial charge in [0.15, 0.2) is 0 Å². The molecule has 34 heavy (non-hydrogen) atoms. The van der Waals surface area contributed by atoms with Crippen molar-refractivity contribution >= 4 is 44.8 Å². The van der Waals surface area contributed by atoms with Crippen LogP contribution in [-0.4, -0.2) is 59.9 Å². The van der Waals surface area contributed by atoms with Crippen LogP contribution >= 0.6 is 22.9 Å². The fourth-order valence-electron chi connectivity index (χ4n) is 4.45. The normalized spacial score (nSPS) is 19.0. The molecule has 3 aromatic rings. The van der Waals surface area contributed by atoms with Crippen LogP contribution in [0.25, 0.3) is 10.1 Å². The highest BCUT2D eigenvalue weighted by molar-refractivity contribution is 7.21. The van der Waals surface area contributed by atoms with Crippen molar-refractivity contribution in [2.75, 3.05) is 26.2 Å². The van der Waals surface area contributed by atoms with Gasteiger partial charge in [-0.25, -0.2) is 0 Å². The van der Waals surface area contributed by atoms with Crippen LogP contribution in [-0.2, 0) is 6.18 Å². The van der Waals surface area contributed by atoms with Crippen LogP contribution in [0.2, 0.25) is 5.02 Å². The fraction of sp³-hybridized carbons (Fsp3) is 0.333. The van der Waals surface area contributed by atoms with E-state index < -0.39 is 11.7 Å². The molecule has 2 fully saturated rings. The molecular formula is C24H21ClF3N3O2S. The summed E-state index contributed by atoms with van der Waals surface area (Å²) in [5, 5.41) is 4.16. The van der Waals surface area contributed by atoms with E-state index in [-0.39, 0.29) is 33.8 Å². The predicted molar refractivity (Wildman–Crippen MR) is 125 cm³/mol. The molecule has 10 heteroatoms. The molecule has 0 aliphatic carbocycles. The van der Waals surface area contributed by atoms with Gasteiger partial charge in [0, 0.05) is 53.9 Å². The number of nitrogens with zero attached hydrogens (tertiary/aromatic N) is 2. The van der Waals surface area contributed by atoms with Gasteiger partial charge in [0.1, 0.15) is 4.88 Å². The van der Waals surface area contributed by atoms with E-state index in [2.05, 4.69) is 5.32 Å². The van der Waals surface area contributed by atoms with Gasteiger partial charge in [0.25, 0.3) is 11.8 Å². The number of rotatable bonds is 4. The molecule has 5 rings (SSSR count). The Bertz CT molecular complexity index is 1240. The minimum Gasteiger partial charge on any atom is -0.337 e. The Morgan fingerprint density at radius 2 is 1.68 bits per heavy atom. The minimum atomic E-state index is -4.45. The Kier molecular flexibility index (Phi) is 6.03. The summed E-state index contributed by atoms with van der Waals surface area (Å²) in [6.45, 7) is 2.26. The average molecular weight is 508 g/mol. The van der Waals surface area contributed by atoms with Crippen LogP contribution in [0.15, 0.2) is 48.5 Å². The Labute approximate surface area is 203 Å². The second kappa shape index (κ2) is 8.87. The van der Waals surface area contributed by atoms with Crippen molar-refractivity contribution in [3.05, 3.63) is 69.6 Å². The van der Waals surface area contributed by atoms with Gasteiger partial charge in [-0.1, -0.05) is 35.9 Å². The van der Waals surface area contributed by atoms with Gasteiger partial charge in [-0.05, 0) is 30.7 Å². The molecule has 2 amide bonds. The zero-order chi connectivity index (χ0) is 24.0. The van der Waals surface area contributed by atoms with Gasteiger partial charge < -0.3 is 15.1 Å². The number of halogens is 4. The summed E-state index contributed by atoms with van der Waals surface area (Å²) in [6, 6.07) is 12.8. The summed E-state index contributed by atoms with van der Waals surface area (Å²) in [4.78, 5) is 29.3. The summed E-state index contributed by atoms with van der Waals surface area (Å²) >= 11 is 7.33. The van der Waals surface area contributed by atoms with E-state index in [1.165, 1.54) is 6.07 Å². The Hall–Kier alpha value is -2.62. The number of hydrogen-bond acceptors (Lipinski definition) is 4. The van der Waals surface area contributed by atoms with Gasteiger partial charge in [-0.3, -0.25) is 9.59 Å². The first-order valence-corrected chi connectivity index (χ1v) is 12.1. The Morgan fingerprint density at radius 1 is 0.971 bits per heavy atom. The number of fused-ring (bicyclic) bond motifs is 1. The maximum absolute atomic E-state index is 13.0. The van der Waals surface area contributed by atoms with Crippen molar-refractivity contribution in [3.8, 4) is 0 Å². The molecule has 1 aromatic heterocycles. The third-order valence-corrected chi connectivity index (χ3v) is 7.93. The lowest BCUT2D eigenvalue weighted by molar-refractivity contribution is -0.137. The number of alkyl halides is 3. The lowest BCUT2D eigenvalue weighted by Crippen LogP contribution is -2.62. The minimum absolute atomic E-state index is 0.0170. The highest BCUT2D eigenvalue weighted by Crippen LogP contribution is 2.40. The van der Waals surface area contributed by atoms with Crippen LogP contribution < -0.4 is 5.32 Å². The number of carbonyl (C=O) groups excluding carboxylic acids is 2. The zero-order valence-corrected chi connectivity index (χ0v) is 19.5. The van der Waals surface area contributed by atoms with Gasteiger partial charge in [0.2, 0.25) is 0 Å². The lowest BCUT2D eigenvalue weighted by Gasteiger charge is -2.41. The van der Waals surface area contributed by atoms with Crippen molar-refractivity contribution in [1.82, 2.24) is 15.1 Å². The average Bonchev–Trinajstić information content (AvgIpc) is 3.39. The quantitative estimate of drug-likeness (QED) is 0.546. The fourth-order valence-corrected chi connectivity index (χ4v) is 5.97. The first-order chi connectivity index (χ1) is 16.2. The number of nitrogens with one attached hydrogen (secondary N) is 1. The van der Waals surface area contributed by atoms with E-state index in [9.17, 15) is 22.8 Å². The molecule has 5 nitrogen and oxygen atoms in total. The lowest BCUT2D eigenvalue weighted by atomic mass is 10.1. The monoisotopic (exact) mass is 507 g/mol. The largest absolute Gasteiger partial charge is 0.416 e. The van der Waals surface area contributed by atoms with Crippen molar-refractivity contribution in [2.24, 2.45) is 0 Å². The van der Waals surface area contributed by atoms with Crippen LogP contribution in [0, 0.1) is 0 Å². The smallest absolute Gasteiger partial charge is 0.337 e. The van der Waals surface area contributed by atoms with Gasteiger partial charge in [0.05, 0.1) is 10.6 Å². The zero-order valence-electron chi connectivity index (χ0n) is 17.9. The summed E-state index contributed by atoms with van der Waals surface area (Å²) in [7, 11) is 0. The number of benzene rings is 2. The van der Waals surface area contributed by atoms with E-state index in [1.54, 1.807) is 4.90 Å². The second-order valence-electron chi connectivity index (χ2n) is 8.63. The molecule has 0 bridgehead atoms. The Morgan fingerprint density at radius 3 is 2.38 bits per heavy atom. The summed E-state index contributed by atoms with van der Waals surface area (Å²) in [6.07, 6.45) is -3.61. The van der Waals surface area contributed by atoms with E-state index >= 15 is 0 Å². The topological polar surface area (TPSA) is 52.7 Å². The molecule has 2 aliphatic rings. The number of amides is 2. The molecule has 2 aromatic carbocycles. The van der Waals surface area contributed by atoms with E-state index in [0.717, 1.165) is 29.9 Å². The molecule has 2 saturated heterocycles. The van der Waals surface area contributed by atoms with E-state index in [4.69, 9.17) is 11.6 Å². The molecule has 1 atom stereocenters. The van der Waals surface area contributed by atoms with E-state index in [0.29, 0.717) is 41.8 Å². The van der Waals surface area contributed by atoms with Crippen LogP contribution in [0.1, 0.15) is 32.0 Å². The van der Waals surface area contributed by atoms with Gasteiger partial charge >= 0.3 is 6.18 Å². The molecular weight excluding hydrogens is 487 g/mol. The second-order valence-corrected chi connectivity index (χ2v) is 10.1.